The number of nitriles is 8. The molecule has 0 aromatic heterocycles. The van der Waals surface area contributed by atoms with Crippen LogP contribution in [0.15, 0.2) is 59.2 Å². The Morgan fingerprint density at radius 1 is 0.500 bits per heavy atom. The molecule has 0 radical (unpaired) electrons. The van der Waals surface area contributed by atoms with Crippen LogP contribution in [0.5, 0.6) is 0 Å². The average Bonchev–Trinajstić information content (AvgIpc) is 3.57. The molecule has 44 heavy (non-hydrogen) atoms. The van der Waals surface area contributed by atoms with Gasteiger partial charge < -0.3 is 20.4 Å². The normalized spacial score (nSPS) is 11.9. The quantitative estimate of drug-likeness (QED) is 0.401. The maximum atomic E-state index is 9.76. The van der Waals surface area contributed by atoms with E-state index in [1.165, 1.54) is 12.1 Å². The summed E-state index contributed by atoms with van der Waals surface area (Å²) in [5, 5.41) is 84.4. The van der Waals surface area contributed by atoms with E-state index in [1.54, 1.807) is 48.2 Å². The molecule has 2 N–H and O–H groups in total. The van der Waals surface area contributed by atoms with Crippen LogP contribution in [0, 0.1) is 90.6 Å². The maximum Gasteiger partial charge on any atom is 0.170 e. The van der Waals surface area contributed by atoms with Gasteiger partial charge in [-0.2, -0.15) is 42.1 Å². The maximum absolute atomic E-state index is 9.76. The molecule has 2 aliphatic heterocycles. The number of rotatable bonds is 2. The molecule has 2 aliphatic rings. The molecular formula is C32H14N12. The van der Waals surface area contributed by atoms with E-state index in [0.29, 0.717) is 45.0 Å². The fraction of sp³-hybridized carbons (Fsp3) is 0.0625. The van der Waals surface area contributed by atoms with Gasteiger partial charge in [-0.05, 0) is 47.5 Å². The minimum atomic E-state index is -0.231. The van der Waals surface area contributed by atoms with Crippen molar-refractivity contribution in [1.82, 2.24) is 0 Å². The van der Waals surface area contributed by atoms with Crippen molar-refractivity contribution >= 4 is 22.7 Å². The second-order valence-corrected chi connectivity index (χ2v) is 9.50. The van der Waals surface area contributed by atoms with Crippen LogP contribution in [-0.4, -0.2) is 14.1 Å². The molecule has 0 fully saturated rings. The average molecular weight is 567 g/mol. The van der Waals surface area contributed by atoms with Crippen LogP contribution in [0.1, 0.15) is 22.3 Å². The van der Waals surface area contributed by atoms with E-state index >= 15 is 0 Å². The number of allylic oxidation sites excluding steroid dienone is 2. The summed E-state index contributed by atoms with van der Waals surface area (Å²) in [5.74, 6) is 0.302. The van der Waals surface area contributed by atoms with Crippen molar-refractivity contribution in [2.45, 2.75) is 0 Å². The molecule has 0 saturated carbocycles. The van der Waals surface area contributed by atoms with E-state index in [4.69, 9.17) is 0 Å². The zero-order valence-electron chi connectivity index (χ0n) is 22.9. The van der Waals surface area contributed by atoms with Gasteiger partial charge in [-0.3, -0.25) is 0 Å². The Morgan fingerprint density at radius 2 is 0.795 bits per heavy atom. The third-order valence-electron chi connectivity index (χ3n) is 7.16. The third kappa shape index (κ3) is 4.09. The van der Waals surface area contributed by atoms with Crippen LogP contribution in [0.4, 0.5) is 22.7 Å². The second-order valence-electron chi connectivity index (χ2n) is 9.50. The van der Waals surface area contributed by atoms with Gasteiger partial charge in [-0.1, -0.05) is 0 Å². The van der Waals surface area contributed by atoms with Crippen LogP contribution >= 0.6 is 0 Å². The first kappa shape index (κ1) is 27.8. The minimum Gasteiger partial charge on any atom is -0.338 e. The number of hydrogen-bond acceptors (Lipinski definition) is 12. The summed E-state index contributed by atoms with van der Waals surface area (Å²) in [5.41, 5.74) is 3.64. The molecule has 5 rings (SSSR count). The molecule has 0 amide bonds. The first-order valence-corrected chi connectivity index (χ1v) is 12.5. The molecule has 12 nitrogen and oxygen atoms in total. The second kappa shape index (κ2) is 10.7. The molecule has 202 valence electrons. The third-order valence-corrected chi connectivity index (χ3v) is 7.16. The minimum absolute atomic E-state index is 0.151. The summed E-state index contributed by atoms with van der Waals surface area (Å²) in [7, 11) is 3.25. The highest BCUT2D eigenvalue weighted by molar-refractivity contribution is 6.16. The molecule has 3 aromatic rings. The summed E-state index contributed by atoms with van der Waals surface area (Å²) < 4.78 is 0. The molecule has 12 heteroatoms. The largest absolute Gasteiger partial charge is 0.338 e. The Morgan fingerprint density at radius 3 is 1.05 bits per heavy atom. The summed E-state index contributed by atoms with van der Waals surface area (Å²) in [4.78, 5) is 3.17. The number of fused-ring (bicyclic) bond motifs is 2. The lowest BCUT2D eigenvalue weighted by atomic mass is 9.90. The van der Waals surface area contributed by atoms with Crippen LogP contribution in [-0.2, 0) is 0 Å². The molecule has 0 unspecified atom stereocenters. The van der Waals surface area contributed by atoms with Crippen LogP contribution in [0.2, 0.25) is 0 Å². The lowest BCUT2D eigenvalue weighted by molar-refractivity contribution is 1.14. The Kier molecular flexibility index (Phi) is 6.75. The fourth-order valence-electron chi connectivity index (χ4n) is 5.35. The van der Waals surface area contributed by atoms with E-state index in [9.17, 15) is 42.1 Å². The highest BCUT2D eigenvalue weighted by atomic mass is 15.3. The number of hydrogen-bond donors (Lipinski definition) is 2. The predicted molar refractivity (Wildman–Crippen MR) is 157 cm³/mol. The van der Waals surface area contributed by atoms with Crippen molar-refractivity contribution in [3.63, 3.8) is 0 Å². The van der Waals surface area contributed by atoms with Gasteiger partial charge in [0, 0.05) is 25.2 Å². The van der Waals surface area contributed by atoms with Gasteiger partial charge in [0.1, 0.15) is 35.9 Å². The van der Waals surface area contributed by atoms with Crippen molar-refractivity contribution in [3.05, 3.63) is 81.4 Å². The topological polar surface area (TPSA) is 221 Å². The number of anilines is 4. The van der Waals surface area contributed by atoms with Gasteiger partial charge in [0.25, 0.3) is 0 Å². The van der Waals surface area contributed by atoms with Crippen molar-refractivity contribution in [1.29, 1.82) is 42.1 Å². The van der Waals surface area contributed by atoms with Crippen molar-refractivity contribution in [2.75, 3.05) is 34.5 Å². The van der Waals surface area contributed by atoms with E-state index in [1.807, 2.05) is 24.3 Å². The Bertz CT molecular complexity index is 1990. The van der Waals surface area contributed by atoms with Crippen LogP contribution in [0.3, 0.4) is 0 Å². The van der Waals surface area contributed by atoms with E-state index < -0.39 is 0 Å². The summed E-state index contributed by atoms with van der Waals surface area (Å²) >= 11 is 0. The number of nitrogens with one attached hydrogen (secondary N) is 2. The van der Waals surface area contributed by atoms with E-state index in [2.05, 4.69) is 34.9 Å². The molecule has 0 saturated heterocycles. The van der Waals surface area contributed by atoms with Gasteiger partial charge in [0.05, 0.1) is 69.3 Å². The highest BCUT2D eigenvalue weighted by Gasteiger charge is 2.40. The van der Waals surface area contributed by atoms with Gasteiger partial charge >= 0.3 is 0 Å². The molecule has 2 heterocycles. The summed E-state index contributed by atoms with van der Waals surface area (Å²) in [6.45, 7) is 0. The van der Waals surface area contributed by atoms with E-state index in [0.717, 1.165) is 0 Å². The lowest BCUT2D eigenvalue weighted by Crippen LogP contribution is -2.17. The molecule has 0 atom stereocenters. The molecule has 3 aromatic carbocycles. The van der Waals surface area contributed by atoms with Gasteiger partial charge in [0.2, 0.25) is 0 Å². The zero-order chi connectivity index (χ0) is 31.7. The Balaban J connectivity index is 2.05. The van der Waals surface area contributed by atoms with Crippen molar-refractivity contribution in [2.24, 2.45) is 0 Å². The fourth-order valence-corrected chi connectivity index (χ4v) is 5.35. The smallest absolute Gasteiger partial charge is 0.170 e. The van der Waals surface area contributed by atoms with Gasteiger partial charge in [-0.25, -0.2) is 0 Å². The monoisotopic (exact) mass is 566 g/mol. The van der Waals surface area contributed by atoms with Gasteiger partial charge in [0.15, 0.2) is 11.1 Å². The highest BCUT2D eigenvalue weighted by Crippen LogP contribution is 2.60. The molecular weight excluding hydrogens is 552 g/mol. The molecule has 0 aliphatic carbocycles. The lowest BCUT2D eigenvalue weighted by Gasteiger charge is -2.23. The standard InChI is InChI=1S/C32H14N12/c1-43-29-25(21-5-17(9-33)3-18(6-21)10-34)28-30(44(2)32(42-28)24(15-39)16-40)26(27(29)41-31(43)23(13-37)14-38)22-7-19(11-35)4-20(8-22)12-36/h3-8,41-42H,1-2H3. The SMILES string of the molecule is CN1C(=C(C#N)C#N)Nc2c(-c3cc(C#N)cc(C#N)c3)c3c(c(-c4cc(C#N)cc(C#N)c4)c21)NC(=C(C#N)C#N)N3C. The summed E-state index contributed by atoms with van der Waals surface area (Å²) in [6, 6.07) is 24.9. The first-order valence-electron chi connectivity index (χ1n) is 12.5. The number of benzene rings is 3. The van der Waals surface area contributed by atoms with Gasteiger partial charge in [-0.15, -0.1) is 0 Å². The van der Waals surface area contributed by atoms with Crippen molar-refractivity contribution < 1.29 is 0 Å². The predicted octanol–water partition coefficient (Wildman–Crippen LogP) is 4.75. The molecule has 0 bridgehead atoms. The number of nitrogens with zero attached hydrogens (tertiary/aromatic N) is 10. The Labute approximate surface area is 251 Å². The molecule has 0 spiro atoms. The Hall–Kier alpha value is -7.74. The van der Waals surface area contributed by atoms with E-state index in [-0.39, 0.29) is 45.0 Å². The van der Waals surface area contributed by atoms with Crippen LogP contribution in [0.25, 0.3) is 22.3 Å². The van der Waals surface area contributed by atoms with Crippen molar-refractivity contribution in [3.8, 4) is 70.8 Å². The van der Waals surface area contributed by atoms with Crippen LogP contribution < -0.4 is 20.4 Å². The first-order chi connectivity index (χ1) is 21.3. The zero-order valence-corrected chi connectivity index (χ0v) is 22.9. The summed E-state index contributed by atoms with van der Waals surface area (Å²) in [6.07, 6.45) is 0.